The Balaban J connectivity index is 1.91. The van der Waals surface area contributed by atoms with Crippen molar-refractivity contribution in [3.63, 3.8) is 0 Å². The molecule has 3 aromatic rings. The summed E-state index contributed by atoms with van der Waals surface area (Å²) in [6, 6.07) is 10.4. The number of carbonyl (C=O) groups excluding carboxylic acids is 1. The molecule has 0 aliphatic carbocycles. The molecule has 150 valence electrons. The van der Waals surface area contributed by atoms with Crippen LogP contribution in [0.25, 0.3) is 11.0 Å². The fourth-order valence-electron chi connectivity index (χ4n) is 2.43. The lowest BCUT2D eigenvalue weighted by Crippen LogP contribution is -2.21. The standard InChI is InChI=1S/C18H11F3N2O6/c19-18(20,21)9-28-13-7-11(6-12(8-13)23(26)27)22-16(24)14-5-10-3-1-2-4-15(10)29-17(14)25/h1-8H,9H2,(H,22,24). The third kappa shape index (κ3) is 4.89. The molecule has 2 aromatic carbocycles. The molecule has 0 bridgehead atoms. The van der Waals surface area contributed by atoms with Gasteiger partial charge < -0.3 is 14.5 Å². The van der Waals surface area contributed by atoms with Gasteiger partial charge in [0.2, 0.25) is 0 Å². The van der Waals surface area contributed by atoms with Crippen molar-refractivity contribution in [3.8, 4) is 5.75 Å². The van der Waals surface area contributed by atoms with Gasteiger partial charge in [-0.15, -0.1) is 0 Å². The molecular weight excluding hydrogens is 397 g/mol. The zero-order valence-electron chi connectivity index (χ0n) is 14.4. The highest BCUT2D eigenvalue weighted by atomic mass is 19.4. The largest absolute Gasteiger partial charge is 0.484 e. The van der Waals surface area contributed by atoms with Gasteiger partial charge in [0.1, 0.15) is 16.9 Å². The second-order valence-electron chi connectivity index (χ2n) is 5.82. The minimum absolute atomic E-state index is 0.228. The Morgan fingerprint density at radius 1 is 1.17 bits per heavy atom. The number of fused-ring (bicyclic) bond motifs is 1. The second-order valence-corrected chi connectivity index (χ2v) is 5.82. The predicted octanol–water partition coefficient (Wildman–Crippen LogP) is 3.89. The van der Waals surface area contributed by atoms with Gasteiger partial charge >= 0.3 is 11.8 Å². The third-order valence-corrected chi connectivity index (χ3v) is 3.65. The van der Waals surface area contributed by atoms with Gasteiger partial charge in [0, 0.05) is 17.5 Å². The van der Waals surface area contributed by atoms with Crippen molar-refractivity contribution in [2.75, 3.05) is 11.9 Å². The normalized spacial score (nSPS) is 11.3. The van der Waals surface area contributed by atoms with E-state index in [4.69, 9.17) is 4.42 Å². The van der Waals surface area contributed by atoms with E-state index in [1.54, 1.807) is 18.2 Å². The maximum Gasteiger partial charge on any atom is 0.422 e. The summed E-state index contributed by atoms with van der Waals surface area (Å²) >= 11 is 0. The zero-order valence-corrected chi connectivity index (χ0v) is 14.4. The van der Waals surface area contributed by atoms with Crippen LogP contribution in [0.4, 0.5) is 24.5 Å². The molecule has 0 fully saturated rings. The number of alkyl halides is 3. The van der Waals surface area contributed by atoms with E-state index < -0.39 is 40.7 Å². The molecule has 11 heteroatoms. The first kappa shape index (κ1) is 19.9. The van der Waals surface area contributed by atoms with Crippen molar-refractivity contribution in [2.45, 2.75) is 6.18 Å². The number of carbonyl (C=O) groups is 1. The molecule has 1 N–H and O–H groups in total. The van der Waals surface area contributed by atoms with E-state index >= 15 is 0 Å². The summed E-state index contributed by atoms with van der Waals surface area (Å²) in [5.41, 5.74) is -1.90. The molecule has 0 spiro atoms. The van der Waals surface area contributed by atoms with Crippen molar-refractivity contribution < 1.29 is 32.0 Å². The number of non-ortho nitro benzene ring substituents is 1. The van der Waals surface area contributed by atoms with Gasteiger partial charge in [0.25, 0.3) is 11.6 Å². The first-order chi connectivity index (χ1) is 13.6. The molecule has 1 heterocycles. The van der Waals surface area contributed by atoms with Crippen LogP contribution in [-0.4, -0.2) is 23.6 Å². The molecule has 0 aliphatic heterocycles. The lowest BCUT2D eigenvalue weighted by molar-refractivity contribution is -0.384. The monoisotopic (exact) mass is 408 g/mol. The molecule has 0 aliphatic rings. The Morgan fingerprint density at radius 3 is 2.59 bits per heavy atom. The topological polar surface area (TPSA) is 112 Å². The van der Waals surface area contributed by atoms with Gasteiger partial charge in [-0.05, 0) is 12.1 Å². The minimum Gasteiger partial charge on any atom is -0.484 e. The maximum absolute atomic E-state index is 12.4. The van der Waals surface area contributed by atoms with Crippen LogP contribution in [0.15, 0.2) is 57.7 Å². The summed E-state index contributed by atoms with van der Waals surface area (Å²) in [6.07, 6.45) is -4.65. The van der Waals surface area contributed by atoms with Crippen LogP contribution < -0.4 is 15.7 Å². The number of rotatable bonds is 5. The smallest absolute Gasteiger partial charge is 0.422 e. The van der Waals surface area contributed by atoms with Crippen molar-refractivity contribution in [2.24, 2.45) is 0 Å². The average Bonchev–Trinajstić information content (AvgIpc) is 2.65. The highest BCUT2D eigenvalue weighted by Gasteiger charge is 2.29. The number of benzene rings is 2. The summed E-state index contributed by atoms with van der Waals surface area (Å²) in [5.74, 6) is -1.43. The van der Waals surface area contributed by atoms with E-state index in [2.05, 4.69) is 10.1 Å². The van der Waals surface area contributed by atoms with E-state index in [0.717, 1.165) is 18.2 Å². The SMILES string of the molecule is O=C(Nc1cc(OCC(F)(F)F)cc([N+](=O)[O-])c1)c1cc2ccccc2oc1=O. The van der Waals surface area contributed by atoms with Crippen molar-refractivity contribution >= 4 is 28.3 Å². The lowest BCUT2D eigenvalue weighted by atomic mass is 10.1. The molecule has 0 atom stereocenters. The molecule has 1 amide bonds. The number of hydrogen-bond acceptors (Lipinski definition) is 6. The maximum atomic E-state index is 12.4. The Kier molecular flexibility index (Phi) is 5.22. The van der Waals surface area contributed by atoms with E-state index in [1.807, 2.05) is 0 Å². The molecule has 0 radical (unpaired) electrons. The first-order valence-electron chi connectivity index (χ1n) is 7.96. The van der Waals surface area contributed by atoms with Crippen LogP contribution in [0.3, 0.4) is 0 Å². The van der Waals surface area contributed by atoms with Gasteiger partial charge in [0.15, 0.2) is 6.61 Å². The van der Waals surface area contributed by atoms with E-state index in [1.165, 1.54) is 12.1 Å². The summed E-state index contributed by atoms with van der Waals surface area (Å²) < 4.78 is 46.5. The predicted molar refractivity (Wildman–Crippen MR) is 95.1 cm³/mol. The number of nitro benzene ring substituents is 1. The van der Waals surface area contributed by atoms with E-state index in [0.29, 0.717) is 5.39 Å². The molecule has 8 nitrogen and oxygen atoms in total. The average molecular weight is 408 g/mol. The fourth-order valence-corrected chi connectivity index (χ4v) is 2.43. The van der Waals surface area contributed by atoms with Gasteiger partial charge in [-0.2, -0.15) is 13.2 Å². The summed E-state index contributed by atoms with van der Waals surface area (Å²) in [6.45, 7) is -1.67. The molecule has 29 heavy (non-hydrogen) atoms. The van der Waals surface area contributed by atoms with E-state index in [-0.39, 0.29) is 16.8 Å². The summed E-state index contributed by atoms with van der Waals surface area (Å²) in [4.78, 5) is 34.6. The fraction of sp³-hybridized carbons (Fsp3) is 0.111. The molecule has 1 aromatic heterocycles. The second kappa shape index (κ2) is 7.62. The highest BCUT2D eigenvalue weighted by Crippen LogP contribution is 2.28. The van der Waals surface area contributed by atoms with Crippen LogP contribution in [0.5, 0.6) is 5.75 Å². The number of ether oxygens (including phenoxy) is 1. The van der Waals surface area contributed by atoms with Crippen LogP contribution in [0.2, 0.25) is 0 Å². The van der Waals surface area contributed by atoms with Crippen LogP contribution >= 0.6 is 0 Å². The minimum atomic E-state index is -4.65. The Bertz CT molecular complexity index is 1160. The zero-order chi connectivity index (χ0) is 21.2. The summed E-state index contributed by atoms with van der Waals surface area (Å²) in [7, 11) is 0. The Labute approximate surface area is 159 Å². The van der Waals surface area contributed by atoms with Gasteiger partial charge in [0.05, 0.1) is 16.7 Å². The van der Waals surface area contributed by atoms with Crippen LogP contribution in [-0.2, 0) is 0 Å². The lowest BCUT2D eigenvalue weighted by Gasteiger charge is -2.11. The van der Waals surface area contributed by atoms with Gasteiger partial charge in [-0.25, -0.2) is 4.79 Å². The van der Waals surface area contributed by atoms with Crippen LogP contribution in [0, 0.1) is 10.1 Å². The number of nitrogens with one attached hydrogen (secondary N) is 1. The molecule has 0 unspecified atom stereocenters. The number of anilines is 1. The quantitative estimate of drug-likeness (QED) is 0.389. The molecule has 0 saturated carbocycles. The summed E-state index contributed by atoms with van der Waals surface area (Å²) in [5, 5.41) is 13.7. The Hall–Kier alpha value is -3.89. The van der Waals surface area contributed by atoms with Crippen molar-refractivity contribution in [3.05, 3.63) is 74.6 Å². The van der Waals surface area contributed by atoms with Gasteiger partial charge in [-0.1, -0.05) is 18.2 Å². The molecule has 3 rings (SSSR count). The van der Waals surface area contributed by atoms with Crippen molar-refractivity contribution in [1.29, 1.82) is 0 Å². The first-order valence-corrected chi connectivity index (χ1v) is 7.96. The number of hydrogen-bond donors (Lipinski definition) is 1. The number of amides is 1. The number of para-hydroxylation sites is 1. The molecular formula is C18H11F3N2O6. The number of nitrogens with zero attached hydrogens (tertiary/aromatic N) is 1. The third-order valence-electron chi connectivity index (χ3n) is 3.65. The number of halogens is 3. The van der Waals surface area contributed by atoms with Gasteiger partial charge in [-0.3, -0.25) is 14.9 Å². The Morgan fingerprint density at radius 2 is 1.90 bits per heavy atom. The van der Waals surface area contributed by atoms with Crippen molar-refractivity contribution in [1.82, 2.24) is 0 Å². The molecule has 0 saturated heterocycles. The van der Waals surface area contributed by atoms with Crippen LogP contribution in [0.1, 0.15) is 10.4 Å². The highest BCUT2D eigenvalue weighted by molar-refractivity contribution is 6.05. The van der Waals surface area contributed by atoms with E-state index in [9.17, 15) is 32.9 Å². The number of nitro groups is 1.